The molecule has 2 aliphatic rings. The van der Waals surface area contributed by atoms with Gasteiger partial charge in [0.05, 0.1) is 6.10 Å². The first-order valence-corrected chi connectivity index (χ1v) is 8.38. The van der Waals surface area contributed by atoms with Crippen molar-refractivity contribution in [1.29, 1.82) is 0 Å². The Hall–Kier alpha value is -0.820. The van der Waals surface area contributed by atoms with Crippen molar-refractivity contribution in [2.24, 2.45) is 22.7 Å². The summed E-state index contributed by atoms with van der Waals surface area (Å²) >= 11 is 0. The van der Waals surface area contributed by atoms with E-state index in [4.69, 9.17) is 0 Å². The lowest BCUT2D eigenvalue weighted by molar-refractivity contribution is -0.0809. The van der Waals surface area contributed by atoms with Crippen LogP contribution in [-0.4, -0.2) is 11.2 Å². The minimum absolute atomic E-state index is 0.274. The number of rotatable bonds is 3. The molecule has 2 rings (SSSR count). The molecule has 0 aromatic carbocycles. The van der Waals surface area contributed by atoms with Crippen LogP contribution in [0, 0.1) is 22.7 Å². The summed E-state index contributed by atoms with van der Waals surface area (Å²) in [5.41, 5.74) is 2.87. The van der Waals surface area contributed by atoms with Crippen LogP contribution < -0.4 is 0 Å². The van der Waals surface area contributed by atoms with Gasteiger partial charge < -0.3 is 5.11 Å². The van der Waals surface area contributed by atoms with Crippen molar-refractivity contribution < 1.29 is 5.11 Å². The van der Waals surface area contributed by atoms with E-state index in [1.807, 2.05) is 6.08 Å². The van der Waals surface area contributed by atoms with Gasteiger partial charge in [0.1, 0.15) is 0 Å². The maximum Gasteiger partial charge on any atom is 0.0753 e. The molecule has 0 bridgehead atoms. The first-order chi connectivity index (χ1) is 9.72. The highest BCUT2D eigenvalue weighted by Gasteiger charge is 2.54. The molecule has 1 nitrogen and oxygen atoms in total. The molecule has 0 aromatic rings. The van der Waals surface area contributed by atoms with E-state index in [9.17, 15) is 5.11 Å². The number of fused-ring (bicyclic) bond motifs is 1. The van der Waals surface area contributed by atoms with Crippen molar-refractivity contribution in [3.05, 3.63) is 36.5 Å². The number of aliphatic hydroxyl groups is 1. The van der Waals surface area contributed by atoms with Gasteiger partial charge in [0, 0.05) is 0 Å². The molecule has 0 spiro atoms. The van der Waals surface area contributed by atoms with Gasteiger partial charge in [0.15, 0.2) is 0 Å². The molecule has 0 aliphatic heterocycles. The van der Waals surface area contributed by atoms with Gasteiger partial charge in [0.25, 0.3) is 0 Å². The standard InChI is InChI=1S/C20H32O/c1-7-14(2)9-10-16-15(3)17(21)13-18-19(4,5)11-8-12-20(16,18)6/h7,9,16-18,21H,1,3,8,10-13H2,2,4-6H3/b14-9+/t16-,17-,18-,20+/m0/s1. The van der Waals surface area contributed by atoms with Crippen LogP contribution in [0.2, 0.25) is 0 Å². The Kier molecular flexibility index (Phi) is 4.54. The van der Waals surface area contributed by atoms with E-state index in [-0.39, 0.29) is 11.5 Å². The van der Waals surface area contributed by atoms with Crippen molar-refractivity contribution >= 4 is 0 Å². The molecule has 4 atom stereocenters. The van der Waals surface area contributed by atoms with Gasteiger partial charge in [-0.05, 0) is 60.8 Å². The molecule has 2 saturated carbocycles. The number of allylic oxidation sites excluding steroid dienone is 3. The highest BCUT2D eigenvalue weighted by Crippen LogP contribution is 2.61. The average molecular weight is 288 g/mol. The molecular formula is C20H32O. The molecule has 2 aliphatic carbocycles. The van der Waals surface area contributed by atoms with Crippen LogP contribution in [-0.2, 0) is 0 Å². The molecular weight excluding hydrogens is 256 g/mol. The lowest BCUT2D eigenvalue weighted by atomic mass is 9.46. The summed E-state index contributed by atoms with van der Waals surface area (Å²) in [5.74, 6) is 0.974. The number of hydrogen-bond donors (Lipinski definition) is 1. The van der Waals surface area contributed by atoms with Crippen molar-refractivity contribution in [2.75, 3.05) is 0 Å². The summed E-state index contributed by atoms with van der Waals surface area (Å²) in [4.78, 5) is 0. The topological polar surface area (TPSA) is 20.2 Å². The Balaban J connectivity index is 2.35. The van der Waals surface area contributed by atoms with Crippen molar-refractivity contribution in [2.45, 2.75) is 65.9 Å². The third kappa shape index (κ3) is 2.90. The minimum Gasteiger partial charge on any atom is -0.389 e. The summed E-state index contributed by atoms with van der Waals surface area (Å²) < 4.78 is 0. The normalized spacial score (nSPS) is 39.8. The zero-order valence-electron chi connectivity index (χ0n) is 14.3. The van der Waals surface area contributed by atoms with E-state index in [2.05, 4.69) is 46.9 Å². The van der Waals surface area contributed by atoms with E-state index in [1.54, 1.807) is 0 Å². The van der Waals surface area contributed by atoms with Crippen LogP contribution in [0.25, 0.3) is 0 Å². The first kappa shape index (κ1) is 16.5. The smallest absolute Gasteiger partial charge is 0.0753 e. The third-order valence-corrected chi connectivity index (χ3v) is 6.40. The predicted octanol–water partition coefficient (Wildman–Crippen LogP) is 5.28. The number of aliphatic hydroxyl groups excluding tert-OH is 1. The molecule has 21 heavy (non-hydrogen) atoms. The third-order valence-electron chi connectivity index (χ3n) is 6.40. The van der Waals surface area contributed by atoms with Gasteiger partial charge in [-0.25, -0.2) is 0 Å². The van der Waals surface area contributed by atoms with Crippen molar-refractivity contribution in [3.63, 3.8) is 0 Å². The highest BCUT2D eigenvalue weighted by molar-refractivity contribution is 5.23. The van der Waals surface area contributed by atoms with Crippen LogP contribution in [0.15, 0.2) is 36.5 Å². The summed E-state index contributed by atoms with van der Waals surface area (Å²) in [6.45, 7) is 17.4. The lowest BCUT2D eigenvalue weighted by Crippen LogP contribution is -2.52. The minimum atomic E-state index is -0.331. The van der Waals surface area contributed by atoms with Crippen LogP contribution >= 0.6 is 0 Å². The van der Waals surface area contributed by atoms with Crippen LogP contribution in [0.1, 0.15) is 59.8 Å². The highest BCUT2D eigenvalue weighted by atomic mass is 16.3. The van der Waals surface area contributed by atoms with Gasteiger partial charge >= 0.3 is 0 Å². The van der Waals surface area contributed by atoms with Gasteiger partial charge in [-0.3, -0.25) is 0 Å². The largest absolute Gasteiger partial charge is 0.389 e. The second kappa shape index (κ2) is 5.76. The maximum atomic E-state index is 10.5. The second-order valence-corrected chi connectivity index (χ2v) is 8.17. The maximum absolute atomic E-state index is 10.5. The van der Waals surface area contributed by atoms with Gasteiger partial charge in [-0.1, -0.05) is 58.1 Å². The van der Waals surface area contributed by atoms with Crippen molar-refractivity contribution in [1.82, 2.24) is 0 Å². The molecule has 1 N–H and O–H groups in total. The molecule has 1 heteroatoms. The van der Waals surface area contributed by atoms with E-state index in [0.29, 0.717) is 17.3 Å². The summed E-state index contributed by atoms with van der Waals surface area (Å²) in [6, 6.07) is 0. The Morgan fingerprint density at radius 3 is 2.62 bits per heavy atom. The van der Waals surface area contributed by atoms with E-state index in [1.165, 1.54) is 24.8 Å². The summed E-state index contributed by atoms with van der Waals surface area (Å²) in [6.07, 6.45) is 9.56. The molecule has 0 unspecified atom stereocenters. The summed E-state index contributed by atoms with van der Waals surface area (Å²) in [5, 5.41) is 10.5. The zero-order chi connectivity index (χ0) is 15.8. The molecule has 0 amide bonds. The van der Waals surface area contributed by atoms with E-state index >= 15 is 0 Å². The van der Waals surface area contributed by atoms with Crippen LogP contribution in [0.3, 0.4) is 0 Å². The monoisotopic (exact) mass is 288 g/mol. The SMILES string of the molecule is C=C/C(C)=C/C[C@H]1C(=C)[C@@H](O)C[C@H]2C(C)(C)CCC[C@]12C. The quantitative estimate of drug-likeness (QED) is 0.553. The molecule has 2 fully saturated rings. The van der Waals surface area contributed by atoms with E-state index in [0.717, 1.165) is 18.4 Å². The number of hydrogen-bond acceptors (Lipinski definition) is 1. The predicted molar refractivity (Wildman–Crippen MR) is 91.1 cm³/mol. The van der Waals surface area contributed by atoms with Gasteiger partial charge in [-0.2, -0.15) is 0 Å². The molecule has 0 aromatic heterocycles. The van der Waals surface area contributed by atoms with Crippen molar-refractivity contribution in [3.8, 4) is 0 Å². The fourth-order valence-corrected chi connectivity index (χ4v) is 5.01. The van der Waals surface area contributed by atoms with Gasteiger partial charge in [-0.15, -0.1) is 0 Å². The Bertz CT molecular complexity index is 456. The Morgan fingerprint density at radius 1 is 1.33 bits per heavy atom. The fourth-order valence-electron chi connectivity index (χ4n) is 5.01. The Labute approximate surface area is 130 Å². The molecule has 0 radical (unpaired) electrons. The average Bonchev–Trinajstić information content (AvgIpc) is 2.41. The lowest BCUT2D eigenvalue weighted by Gasteiger charge is -2.59. The second-order valence-electron chi connectivity index (χ2n) is 8.17. The molecule has 0 heterocycles. The van der Waals surface area contributed by atoms with Crippen LogP contribution in [0.4, 0.5) is 0 Å². The van der Waals surface area contributed by atoms with E-state index < -0.39 is 0 Å². The van der Waals surface area contributed by atoms with Crippen LogP contribution in [0.5, 0.6) is 0 Å². The fraction of sp³-hybridized carbons (Fsp3) is 0.700. The first-order valence-electron chi connectivity index (χ1n) is 8.38. The van der Waals surface area contributed by atoms with Gasteiger partial charge in [0.2, 0.25) is 0 Å². The Morgan fingerprint density at radius 2 is 2.00 bits per heavy atom. The zero-order valence-corrected chi connectivity index (χ0v) is 14.3. The molecule has 118 valence electrons. The molecule has 0 saturated heterocycles. The summed E-state index contributed by atoms with van der Waals surface area (Å²) in [7, 11) is 0.